The molecule has 0 N–H and O–H groups in total. The number of rotatable bonds is 4. The van der Waals surface area contributed by atoms with Crippen molar-refractivity contribution < 1.29 is 9.18 Å². The second-order valence-electron chi connectivity index (χ2n) is 10.0. The summed E-state index contributed by atoms with van der Waals surface area (Å²) in [7, 11) is 0. The zero-order valence-corrected chi connectivity index (χ0v) is 17.3. The molecular formula is C25H30FNO. The van der Waals surface area contributed by atoms with Gasteiger partial charge in [-0.25, -0.2) is 4.39 Å². The van der Waals surface area contributed by atoms with Gasteiger partial charge in [-0.1, -0.05) is 39.3 Å². The van der Waals surface area contributed by atoms with Crippen molar-refractivity contribution in [2.45, 2.75) is 59.3 Å². The molecule has 0 aliphatic heterocycles. The van der Waals surface area contributed by atoms with Crippen LogP contribution in [-0.4, -0.2) is 10.8 Å². The number of hydrogen-bond donors (Lipinski definition) is 0. The van der Waals surface area contributed by atoms with Crippen molar-refractivity contribution in [1.82, 2.24) is 4.98 Å². The second-order valence-corrected chi connectivity index (χ2v) is 10.0. The lowest BCUT2D eigenvalue weighted by Gasteiger charge is -2.21. The van der Waals surface area contributed by atoms with Crippen LogP contribution < -0.4 is 0 Å². The number of carbonyl (C=O) groups excluding carboxylic acids is 1. The summed E-state index contributed by atoms with van der Waals surface area (Å²) in [5, 5.41) is 0.949. The maximum absolute atomic E-state index is 13.8. The molecule has 2 aliphatic rings. The fraction of sp³-hybridized carbons (Fsp3) is 0.520. The number of aromatic nitrogens is 1. The molecule has 1 aromatic heterocycles. The lowest BCUT2D eigenvalue weighted by atomic mass is 9.83. The Kier molecular flexibility index (Phi) is 4.89. The van der Waals surface area contributed by atoms with E-state index in [2.05, 4.69) is 44.8 Å². The first-order valence-corrected chi connectivity index (χ1v) is 10.5. The molecule has 28 heavy (non-hydrogen) atoms. The van der Waals surface area contributed by atoms with Crippen LogP contribution in [-0.2, 0) is 4.79 Å². The molecule has 0 spiro atoms. The van der Waals surface area contributed by atoms with Gasteiger partial charge in [0.05, 0.1) is 5.52 Å². The molecule has 1 saturated carbocycles. The molecule has 2 nitrogen and oxygen atoms in total. The second kappa shape index (κ2) is 7.09. The van der Waals surface area contributed by atoms with Crippen LogP contribution in [0.5, 0.6) is 0 Å². The van der Waals surface area contributed by atoms with E-state index in [0.717, 1.165) is 30.2 Å². The number of nitrogens with zero attached hydrogens (tertiary/aromatic N) is 1. The molecule has 0 bridgehead atoms. The van der Waals surface area contributed by atoms with Gasteiger partial charge in [0.25, 0.3) is 0 Å². The van der Waals surface area contributed by atoms with Crippen molar-refractivity contribution in [3.63, 3.8) is 0 Å². The van der Waals surface area contributed by atoms with Crippen LogP contribution in [0.2, 0.25) is 0 Å². The molecule has 0 amide bonds. The number of hydrogen-bond acceptors (Lipinski definition) is 2. The monoisotopic (exact) mass is 379 g/mol. The van der Waals surface area contributed by atoms with Gasteiger partial charge in [0.2, 0.25) is 0 Å². The van der Waals surface area contributed by atoms with Crippen LogP contribution in [0.1, 0.15) is 64.9 Å². The number of benzene rings is 1. The Morgan fingerprint density at radius 1 is 1.25 bits per heavy atom. The topological polar surface area (TPSA) is 30.0 Å². The van der Waals surface area contributed by atoms with Gasteiger partial charge in [-0.3, -0.25) is 9.78 Å². The van der Waals surface area contributed by atoms with E-state index >= 15 is 0 Å². The van der Waals surface area contributed by atoms with Gasteiger partial charge in [-0.15, -0.1) is 0 Å². The third kappa shape index (κ3) is 3.76. The fourth-order valence-electron chi connectivity index (χ4n) is 5.20. The highest BCUT2D eigenvalue weighted by Gasteiger charge is 2.40. The number of carbonyl (C=O) groups is 1. The van der Waals surface area contributed by atoms with E-state index < -0.39 is 0 Å². The van der Waals surface area contributed by atoms with E-state index in [1.807, 2.05) is 6.20 Å². The van der Waals surface area contributed by atoms with Gasteiger partial charge in [0.15, 0.2) is 0 Å². The Morgan fingerprint density at radius 2 is 2.04 bits per heavy atom. The van der Waals surface area contributed by atoms with Crippen molar-refractivity contribution >= 4 is 16.7 Å². The van der Waals surface area contributed by atoms with Gasteiger partial charge in [-0.2, -0.15) is 0 Å². The minimum Gasteiger partial charge on any atom is -0.299 e. The van der Waals surface area contributed by atoms with Crippen LogP contribution >= 0.6 is 0 Å². The molecule has 4 rings (SSSR count). The molecular weight excluding hydrogens is 349 g/mol. The largest absolute Gasteiger partial charge is 0.299 e. The molecule has 2 aliphatic carbocycles. The predicted octanol–water partition coefficient (Wildman–Crippen LogP) is 6.46. The summed E-state index contributed by atoms with van der Waals surface area (Å²) in [5.74, 6) is 1.81. The third-order valence-corrected chi connectivity index (χ3v) is 6.60. The molecule has 1 unspecified atom stereocenters. The van der Waals surface area contributed by atoms with Crippen molar-refractivity contribution in [1.29, 1.82) is 0 Å². The lowest BCUT2D eigenvalue weighted by Crippen LogP contribution is -2.20. The number of allylic oxidation sites excluding steroid dienone is 2. The van der Waals surface area contributed by atoms with E-state index in [-0.39, 0.29) is 17.2 Å². The highest BCUT2D eigenvalue weighted by molar-refractivity contribution is 5.84. The van der Waals surface area contributed by atoms with E-state index in [4.69, 9.17) is 0 Å². The zero-order chi connectivity index (χ0) is 20.1. The summed E-state index contributed by atoms with van der Waals surface area (Å²) in [6.45, 7) is 8.46. The maximum atomic E-state index is 13.8. The predicted molar refractivity (Wildman–Crippen MR) is 112 cm³/mol. The minimum atomic E-state index is -0.201. The van der Waals surface area contributed by atoms with Gasteiger partial charge in [0.1, 0.15) is 11.6 Å². The van der Waals surface area contributed by atoms with Gasteiger partial charge in [0, 0.05) is 23.9 Å². The first-order chi connectivity index (χ1) is 13.2. The van der Waals surface area contributed by atoms with Gasteiger partial charge in [-0.05, 0) is 72.3 Å². The van der Waals surface area contributed by atoms with E-state index in [1.165, 1.54) is 17.2 Å². The normalized spacial score (nSPS) is 25.6. The van der Waals surface area contributed by atoms with Crippen LogP contribution in [0.15, 0.2) is 42.1 Å². The van der Waals surface area contributed by atoms with Crippen LogP contribution in [0.4, 0.5) is 4.39 Å². The Bertz CT molecular complexity index is 939. The molecule has 1 heterocycles. The highest BCUT2D eigenvalue weighted by Crippen LogP contribution is 2.51. The minimum absolute atomic E-state index is 0.0409. The van der Waals surface area contributed by atoms with E-state index in [9.17, 15) is 9.18 Å². The number of ketones is 1. The average molecular weight is 380 g/mol. The SMILES string of the molecule is CC(C(=O)CC(C)(C)C)C1=C[C@H]2C[C@@H](c3ccnc4ccc(F)cc34)C[C@H]2C1. The van der Waals surface area contributed by atoms with Crippen molar-refractivity contribution in [2.75, 3.05) is 0 Å². The Morgan fingerprint density at radius 3 is 2.75 bits per heavy atom. The summed E-state index contributed by atoms with van der Waals surface area (Å²) in [6, 6.07) is 6.94. The Labute approximate surface area is 167 Å². The van der Waals surface area contributed by atoms with Crippen LogP contribution in [0, 0.1) is 29.0 Å². The Hall–Kier alpha value is -2.03. The molecule has 2 aromatic rings. The summed E-state index contributed by atoms with van der Waals surface area (Å²) < 4.78 is 13.8. The van der Waals surface area contributed by atoms with Crippen LogP contribution in [0.25, 0.3) is 10.9 Å². The lowest BCUT2D eigenvalue weighted by molar-refractivity contribution is -0.123. The summed E-state index contributed by atoms with van der Waals surface area (Å²) >= 11 is 0. The summed E-state index contributed by atoms with van der Waals surface area (Å²) in [4.78, 5) is 17.0. The molecule has 0 saturated heterocycles. The zero-order valence-electron chi connectivity index (χ0n) is 17.3. The maximum Gasteiger partial charge on any atom is 0.140 e. The van der Waals surface area contributed by atoms with E-state index in [0.29, 0.717) is 30.0 Å². The number of fused-ring (bicyclic) bond motifs is 2. The van der Waals surface area contributed by atoms with Crippen molar-refractivity contribution in [3.8, 4) is 0 Å². The molecule has 3 heteroatoms. The number of pyridine rings is 1. The third-order valence-electron chi connectivity index (χ3n) is 6.60. The summed E-state index contributed by atoms with van der Waals surface area (Å²) in [6.07, 6.45) is 8.11. The van der Waals surface area contributed by atoms with Crippen LogP contribution in [0.3, 0.4) is 0 Å². The van der Waals surface area contributed by atoms with Crippen molar-refractivity contribution in [2.24, 2.45) is 23.2 Å². The molecule has 0 radical (unpaired) electrons. The number of halogens is 1. The standard InChI is InChI=1S/C25H30FNO/c1-15(24(28)14-25(2,3)4)16-9-17-11-19(12-18(17)10-16)21-7-8-27-23-6-5-20(26)13-22(21)23/h5-9,13,15,17-19H,10-12,14H2,1-4H3/t15?,17-,18+,19+/m0/s1. The molecule has 1 aromatic carbocycles. The van der Waals surface area contributed by atoms with E-state index in [1.54, 1.807) is 12.1 Å². The van der Waals surface area contributed by atoms with Gasteiger partial charge < -0.3 is 0 Å². The van der Waals surface area contributed by atoms with Crippen molar-refractivity contribution in [3.05, 3.63) is 53.5 Å². The highest BCUT2D eigenvalue weighted by atomic mass is 19.1. The molecule has 1 fully saturated rings. The fourth-order valence-corrected chi connectivity index (χ4v) is 5.20. The summed E-state index contributed by atoms with van der Waals surface area (Å²) in [5.41, 5.74) is 3.48. The number of Topliss-reactive ketones (excluding diaryl/α,β-unsaturated/α-hetero) is 1. The average Bonchev–Trinajstić information content (AvgIpc) is 3.18. The molecule has 148 valence electrons. The Balaban J connectivity index is 1.51. The quantitative estimate of drug-likeness (QED) is 0.571. The first-order valence-electron chi connectivity index (χ1n) is 10.5. The van der Waals surface area contributed by atoms with Gasteiger partial charge >= 0.3 is 0 Å². The smallest absolute Gasteiger partial charge is 0.140 e. The molecule has 4 atom stereocenters. The first kappa shape index (κ1) is 19.3.